The fraction of sp³-hybridized carbons (Fsp3) is 0.562. The maximum Gasteiger partial charge on any atom is 0.472 e. The first-order chi connectivity index (χ1) is 29.1. The van der Waals surface area contributed by atoms with Gasteiger partial charge in [-0.25, -0.2) is 4.57 Å². The fourth-order valence-corrected chi connectivity index (χ4v) is 5.88. The van der Waals surface area contributed by atoms with Gasteiger partial charge in [0, 0.05) is 12.8 Å². The highest BCUT2D eigenvalue weighted by Crippen LogP contribution is 2.43. The average molecular weight is 858 g/mol. The molecular formula is C48H76NO10P. The molecule has 0 spiro atoms. The summed E-state index contributed by atoms with van der Waals surface area (Å²) in [6, 6.07) is -1.55. The van der Waals surface area contributed by atoms with Crippen LogP contribution < -0.4 is 5.73 Å². The van der Waals surface area contributed by atoms with E-state index in [1.807, 2.05) is 30.4 Å². The van der Waals surface area contributed by atoms with Crippen LogP contribution in [-0.4, -0.2) is 59.9 Å². The zero-order chi connectivity index (χ0) is 44.2. The minimum Gasteiger partial charge on any atom is -0.480 e. The molecule has 0 aromatic rings. The highest BCUT2D eigenvalue weighted by Gasteiger charge is 2.28. The number of carboxylic acids is 1. The molecule has 0 saturated heterocycles. The summed E-state index contributed by atoms with van der Waals surface area (Å²) in [5.41, 5.74) is 5.32. The predicted octanol–water partition coefficient (Wildman–Crippen LogP) is 11.8. The number of hydrogen-bond donors (Lipinski definition) is 3. The zero-order valence-corrected chi connectivity index (χ0v) is 37.4. The van der Waals surface area contributed by atoms with Crippen LogP contribution in [0.25, 0.3) is 0 Å². The average Bonchev–Trinajstić information content (AvgIpc) is 3.22. The highest BCUT2D eigenvalue weighted by atomic mass is 31.2. The van der Waals surface area contributed by atoms with Gasteiger partial charge in [0.2, 0.25) is 0 Å². The largest absolute Gasteiger partial charge is 0.480 e. The van der Waals surface area contributed by atoms with Gasteiger partial charge in [-0.2, -0.15) is 0 Å². The van der Waals surface area contributed by atoms with E-state index in [1.54, 1.807) is 0 Å². The number of carboxylic acid groups (broad SMARTS) is 1. The molecule has 3 atom stereocenters. The van der Waals surface area contributed by atoms with Crippen molar-refractivity contribution in [1.82, 2.24) is 0 Å². The highest BCUT2D eigenvalue weighted by molar-refractivity contribution is 7.47. The molecule has 11 nitrogen and oxygen atoms in total. The van der Waals surface area contributed by atoms with Crippen LogP contribution in [0, 0.1) is 0 Å². The van der Waals surface area contributed by atoms with Crippen molar-refractivity contribution >= 4 is 25.7 Å². The Labute approximate surface area is 361 Å². The first-order valence-corrected chi connectivity index (χ1v) is 23.4. The van der Waals surface area contributed by atoms with E-state index < -0.39 is 57.7 Å². The SMILES string of the molecule is CC/C=C/C/C=C/C/C=C/C/C=C/C/C=C/C/C=C/CCC(=O)O[C@H](COC(=O)CCC/C=C/C/C=C/C/C=C/CCCCCCCC)COP(=O)(O)OC[C@H](N)C(=O)O. The number of ether oxygens (including phenoxy) is 2. The van der Waals surface area contributed by atoms with Gasteiger partial charge in [0.1, 0.15) is 12.6 Å². The maximum atomic E-state index is 12.6. The molecule has 338 valence electrons. The van der Waals surface area contributed by atoms with Crippen LogP contribution in [0.15, 0.2) is 109 Å². The third-order valence-corrected chi connectivity index (χ3v) is 9.47. The van der Waals surface area contributed by atoms with Gasteiger partial charge in [0.25, 0.3) is 0 Å². The molecule has 0 fully saturated rings. The van der Waals surface area contributed by atoms with Crippen LogP contribution in [0.3, 0.4) is 0 Å². The summed E-state index contributed by atoms with van der Waals surface area (Å²) >= 11 is 0. The van der Waals surface area contributed by atoms with Crippen LogP contribution in [-0.2, 0) is 37.5 Å². The smallest absolute Gasteiger partial charge is 0.472 e. The first kappa shape index (κ1) is 56.1. The topological polar surface area (TPSA) is 172 Å². The molecule has 1 unspecified atom stereocenters. The number of esters is 2. The van der Waals surface area contributed by atoms with E-state index in [4.69, 9.17) is 24.8 Å². The van der Waals surface area contributed by atoms with Gasteiger partial charge in [-0.3, -0.25) is 23.4 Å². The third kappa shape index (κ3) is 40.9. The van der Waals surface area contributed by atoms with Crippen molar-refractivity contribution in [1.29, 1.82) is 0 Å². The molecule has 12 heteroatoms. The van der Waals surface area contributed by atoms with Gasteiger partial charge < -0.3 is 25.2 Å². The van der Waals surface area contributed by atoms with Gasteiger partial charge >= 0.3 is 25.7 Å². The monoisotopic (exact) mass is 858 g/mol. The van der Waals surface area contributed by atoms with Crippen LogP contribution in [0.1, 0.15) is 142 Å². The summed E-state index contributed by atoms with van der Waals surface area (Å²) in [7, 11) is -4.76. The Hall–Kier alpha value is -3.86. The molecule has 0 radical (unpaired) electrons. The summed E-state index contributed by atoms with van der Waals surface area (Å²) in [6.07, 6.45) is 54.6. The summed E-state index contributed by atoms with van der Waals surface area (Å²) in [5, 5.41) is 8.89. The molecule has 0 aromatic carbocycles. The van der Waals surface area contributed by atoms with Gasteiger partial charge in [0.15, 0.2) is 6.10 Å². The van der Waals surface area contributed by atoms with Gasteiger partial charge in [-0.05, 0) is 83.5 Å². The molecule has 0 aliphatic carbocycles. The Kier molecular flexibility index (Phi) is 39.2. The second-order valence-electron chi connectivity index (χ2n) is 14.1. The normalized spacial score (nSPS) is 14.7. The van der Waals surface area contributed by atoms with E-state index in [0.29, 0.717) is 25.7 Å². The Balaban J connectivity index is 4.60. The lowest BCUT2D eigenvalue weighted by Crippen LogP contribution is -2.34. The molecule has 0 bridgehead atoms. The van der Waals surface area contributed by atoms with Crippen molar-refractivity contribution in [2.45, 2.75) is 154 Å². The molecule has 0 aliphatic rings. The summed E-state index contributed by atoms with van der Waals surface area (Å²) in [4.78, 5) is 45.9. The summed E-state index contributed by atoms with van der Waals surface area (Å²) in [5.74, 6) is -2.57. The van der Waals surface area contributed by atoms with Gasteiger partial charge in [-0.1, -0.05) is 155 Å². The standard InChI is InChI=1S/C48H76NO10P/c1-3-5-7-9-11-13-15-17-19-21-22-24-26-28-30-32-34-36-38-40-47(51)59-44(42-57-60(54,55)58-43-45(49)48(52)53)41-56-46(50)39-37-35-33-31-29-27-25-23-20-18-16-14-12-10-8-6-4-2/h5,7,11,13,17-20,22,24-25,27-28,30-31,33-34,36,44-45H,3-4,6,8-10,12,14-16,21,23,26,29,32,35,37-43,49H2,1-2H3,(H,52,53)(H,54,55)/b7-5+,13-11+,19-17+,20-18+,24-22+,27-25+,30-28+,33-31+,36-34+/t44-,45+/m1/s1. The minimum absolute atomic E-state index is 0.0187. The van der Waals surface area contributed by atoms with Gasteiger partial charge in [0.05, 0.1) is 13.2 Å². The third-order valence-electron chi connectivity index (χ3n) is 8.52. The van der Waals surface area contributed by atoms with Crippen molar-refractivity contribution in [3.8, 4) is 0 Å². The molecule has 0 rings (SSSR count). The Morgan fingerprint density at radius 2 is 0.967 bits per heavy atom. The zero-order valence-electron chi connectivity index (χ0n) is 36.5. The number of phosphoric acid groups is 1. The molecule has 0 saturated carbocycles. The van der Waals surface area contributed by atoms with Crippen LogP contribution in [0.5, 0.6) is 0 Å². The quantitative estimate of drug-likeness (QED) is 0.0232. The van der Waals surface area contributed by atoms with Crippen molar-refractivity contribution in [2.75, 3.05) is 19.8 Å². The van der Waals surface area contributed by atoms with E-state index in [9.17, 15) is 23.8 Å². The molecule has 0 amide bonds. The van der Waals surface area contributed by atoms with E-state index in [-0.39, 0.29) is 12.8 Å². The Morgan fingerprint density at radius 1 is 0.533 bits per heavy atom. The fourth-order valence-electron chi connectivity index (χ4n) is 5.10. The maximum absolute atomic E-state index is 12.6. The number of hydrogen-bond acceptors (Lipinski definition) is 9. The number of allylic oxidation sites excluding steroid dienone is 18. The number of aliphatic carboxylic acids is 1. The van der Waals surface area contributed by atoms with E-state index >= 15 is 0 Å². The number of nitrogens with two attached hydrogens (primary N) is 1. The second-order valence-corrected chi connectivity index (χ2v) is 15.5. The second kappa shape index (κ2) is 41.9. The van der Waals surface area contributed by atoms with Crippen molar-refractivity contribution in [3.63, 3.8) is 0 Å². The Morgan fingerprint density at radius 3 is 1.47 bits per heavy atom. The van der Waals surface area contributed by atoms with Crippen LogP contribution in [0.4, 0.5) is 0 Å². The van der Waals surface area contributed by atoms with E-state index in [0.717, 1.165) is 51.4 Å². The Bertz CT molecular complexity index is 1430. The predicted molar refractivity (Wildman–Crippen MR) is 244 cm³/mol. The van der Waals surface area contributed by atoms with E-state index in [1.165, 1.54) is 38.5 Å². The van der Waals surface area contributed by atoms with Crippen molar-refractivity contribution < 1.29 is 47.5 Å². The lowest BCUT2D eigenvalue weighted by Gasteiger charge is -2.20. The lowest BCUT2D eigenvalue weighted by atomic mass is 10.1. The molecular weight excluding hydrogens is 781 g/mol. The summed E-state index contributed by atoms with van der Waals surface area (Å²) < 4.78 is 32.5. The number of unbranched alkanes of at least 4 members (excludes halogenated alkanes) is 7. The number of carbonyl (C=O) groups is 3. The van der Waals surface area contributed by atoms with E-state index in [2.05, 4.69) is 97.4 Å². The van der Waals surface area contributed by atoms with Crippen molar-refractivity contribution in [2.24, 2.45) is 5.73 Å². The van der Waals surface area contributed by atoms with Gasteiger partial charge in [-0.15, -0.1) is 0 Å². The molecule has 4 N–H and O–H groups in total. The first-order valence-electron chi connectivity index (χ1n) is 21.9. The molecule has 0 heterocycles. The lowest BCUT2D eigenvalue weighted by molar-refractivity contribution is -0.161. The minimum atomic E-state index is -4.76. The number of rotatable bonds is 39. The molecule has 60 heavy (non-hydrogen) atoms. The molecule has 0 aromatic heterocycles. The van der Waals surface area contributed by atoms with Crippen LogP contribution >= 0.6 is 7.82 Å². The molecule has 0 aliphatic heterocycles. The number of carbonyl (C=O) groups excluding carboxylic acids is 2. The van der Waals surface area contributed by atoms with Crippen LogP contribution in [0.2, 0.25) is 0 Å². The number of phosphoric ester groups is 1. The van der Waals surface area contributed by atoms with Crippen molar-refractivity contribution in [3.05, 3.63) is 109 Å². The summed E-state index contributed by atoms with van der Waals surface area (Å²) in [6.45, 7) is 2.53.